The average Bonchev–Trinajstić information content (AvgIpc) is 2.64. The van der Waals surface area contributed by atoms with Gasteiger partial charge in [0.15, 0.2) is 5.78 Å². The molecule has 0 heterocycles. The molecule has 0 radical (unpaired) electrons. The first-order chi connectivity index (χ1) is 11.6. The molecule has 126 valence electrons. The van der Waals surface area contributed by atoms with E-state index in [0.717, 1.165) is 11.1 Å². The summed E-state index contributed by atoms with van der Waals surface area (Å²) in [5.74, 6) is -0.0993. The van der Waals surface area contributed by atoms with E-state index in [0.29, 0.717) is 12.1 Å². The van der Waals surface area contributed by atoms with E-state index < -0.39 is 0 Å². The third-order valence-electron chi connectivity index (χ3n) is 3.99. The second kappa shape index (κ2) is 8.99. The van der Waals surface area contributed by atoms with Crippen molar-refractivity contribution in [2.75, 3.05) is 13.6 Å². The second-order valence-electron chi connectivity index (χ2n) is 5.86. The summed E-state index contributed by atoms with van der Waals surface area (Å²) in [6.07, 6.45) is 0.445. The number of likely N-dealkylation sites (N-methyl/N-ethyl adjacent to an activating group) is 1. The SMILES string of the molecule is CNC(C)CNC(=O)CCC(=O)c1ccc(-c2ccccc2)cc1. The molecular weight excluding hydrogens is 300 g/mol. The van der Waals surface area contributed by atoms with Gasteiger partial charge in [-0.1, -0.05) is 54.6 Å². The van der Waals surface area contributed by atoms with Crippen molar-refractivity contribution in [1.82, 2.24) is 10.6 Å². The predicted molar refractivity (Wildman–Crippen MR) is 97.0 cm³/mol. The van der Waals surface area contributed by atoms with E-state index in [9.17, 15) is 9.59 Å². The van der Waals surface area contributed by atoms with Crippen molar-refractivity contribution in [2.24, 2.45) is 0 Å². The summed E-state index contributed by atoms with van der Waals surface area (Å²) in [7, 11) is 1.85. The zero-order chi connectivity index (χ0) is 17.4. The second-order valence-corrected chi connectivity index (χ2v) is 5.86. The summed E-state index contributed by atoms with van der Waals surface area (Å²) < 4.78 is 0. The van der Waals surface area contributed by atoms with Crippen molar-refractivity contribution in [3.63, 3.8) is 0 Å². The Morgan fingerprint density at radius 3 is 2.17 bits per heavy atom. The molecular formula is C20H24N2O2. The minimum absolute atomic E-state index is 0.00794. The lowest BCUT2D eigenvalue weighted by atomic mass is 10.0. The van der Waals surface area contributed by atoms with E-state index in [1.54, 1.807) is 0 Å². The van der Waals surface area contributed by atoms with Crippen molar-refractivity contribution in [3.05, 3.63) is 60.2 Å². The molecule has 0 aliphatic heterocycles. The highest BCUT2D eigenvalue weighted by atomic mass is 16.2. The molecule has 0 spiro atoms. The average molecular weight is 324 g/mol. The lowest BCUT2D eigenvalue weighted by Crippen LogP contribution is -2.37. The molecule has 2 rings (SSSR count). The molecule has 24 heavy (non-hydrogen) atoms. The van der Waals surface area contributed by atoms with E-state index in [-0.39, 0.29) is 30.6 Å². The van der Waals surface area contributed by atoms with Crippen LogP contribution in [0.25, 0.3) is 11.1 Å². The van der Waals surface area contributed by atoms with Gasteiger partial charge in [0.1, 0.15) is 0 Å². The maximum absolute atomic E-state index is 12.2. The van der Waals surface area contributed by atoms with E-state index in [1.165, 1.54) is 0 Å². The Hall–Kier alpha value is -2.46. The van der Waals surface area contributed by atoms with Gasteiger partial charge in [-0.05, 0) is 25.1 Å². The maximum Gasteiger partial charge on any atom is 0.220 e. The molecule has 0 saturated heterocycles. The van der Waals surface area contributed by atoms with Gasteiger partial charge in [-0.25, -0.2) is 0 Å². The van der Waals surface area contributed by atoms with Crippen LogP contribution in [-0.2, 0) is 4.79 Å². The standard InChI is InChI=1S/C20H24N2O2/c1-15(21-2)14-22-20(24)13-12-19(23)18-10-8-17(9-11-18)16-6-4-3-5-7-16/h3-11,15,21H,12-14H2,1-2H3,(H,22,24). The number of carbonyl (C=O) groups is 2. The van der Waals surface area contributed by atoms with Gasteiger partial charge in [0, 0.05) is 31.0 Å². The first-order valence-electron chi connectivity index (χ1n) is 8.23. The van der Waals surface area contributed by atoms with Crippen LogP contribution in [0, 0.1) is 0 Å². The Morgan fingerprint density at radius 2 is 1.54 bits per heavy atom. The van der Waals surface area contributed by atoms with Crippen molar-refractivity contribution in [2.45, 2.75) is 25.8 Å². The number of hydrogen-bond acceptors (Lipinski definition) is 3. The van der Waals surface area contributed by atoms with Gasteiger partial charge in [0.2, 0.25) is 5.91 Å². The number of Topliss-reactive ketones (excluding diaryl/α,β-unsaturated/α-hetero) is 1. The molecule has 1 amide bonds. The van der Waals surface area contributed by atoms with Crippen LogP contribution in [0.1, 0.15) is 30.1 Å². The molecule has 2 aromatic carbocycles. The Balaban J connectivity index is 1.86. The maximum atomic E-state index is 12.2. The van der Waals surface area contributed by atoms with Gasteiger partial charge in [0.25, 0.3) is 0 Å². The number of nitrogens with one attached hydrogen (secondary N) is 2. The minimum Gasteiger partial charge on any atom is -0.355 e. The fraction of sp³-hybridized carbons (Fsp3) is 0.300. The van der Waals surface area contributed by atoms with Gasteiger partial charge in [-0.3, -0.25) is 9.59 Å². The highest BCUT2D eigenvalue weighted by molar-refractivity contribution is 5.98. The highest BCUT2D eigenvalue weighted by Gasteiger charge is 2.10. The van der Waals surface area contributed by atoms with E-state index >= 15 is 0 Å². The topological polar surface area (TPSA) is 58.2 Å². The first-order valence-corrected chi connectivity index (χ1v) is 8.23. The highest BCUT2D eigenvalue weighted by Crippen LogP contribution is 2.19. The fourth-order valence-electron chi connectivity index (χ4n) is 2.31. The van der Waals surface area contributed by atoms with Crippen LogP contribution in [0.15, 0.2) is 54.6 Å². The Bertz CT molecular complexity index is 666. The Morgan fingerprint density at radius 1 is 0.917 bits per heavy atom. The largest absolute Gasteiger partial charge is 0.355 e. The van der Waals surface area contributed by atoms with Crippen LogP contribution in [0.5, 0.6) is 0 Å². The van der Waals surface area contributed by atoms with E-state index in [1.807, 2.05) is 68.6 Å². The predicted octanol–water partition coefficient (Wildman–Crippen LogP) is 3.04. The summed E-state index contributed by atoms with van der Waals surface area (Å²) in [4.78, 5) is 23.9. The van der Waals surface area contributed by atoms with Crippen LogP contribution < -0.4 is 10.6 Å². The normalized spacial score (nSPS) is 11.8. The van der Waals surface area contributed by atoms with Crippen LogP contribution in [0.4, 0.5) is 0 Å². The summed E-state index contributed by atoms with van der Waals surface area (Å²) in [6, 6.07) is 17.8. The smallest absolute Gasteiger partial charge is 0.220 e. The molecule has 2 N–H and O–H groups in total. The molecule has 4 nitrogen and oxygen atoms in total. The third kappa shape index (κ3) is 5.32. The van der Waals surface area contributed by atoms with Crippen molar-refractivity contribution in [3.8, 4) is 11.1 Å². The molecule has 0 aliphatic rings. The molecule has 1 unspecified atom stereocenters. The number of benzene rings is 2. The molecule has 0 aromatic heterocycles. The number of amides is 1. The van der Waals surface area contributed by atoms with E-state index in [2.05, 4.69) is 10.6 Å². The zero-order valence-electron chi connectivity index (χ0n) is 14.2. The summed E-state index contributed by atoms with van der Waals surface area (Å²) in [5, 5.41) is 5.87. The van der Waals surface area contributed by atoms with Crippen molar-refractivity contribution >= 4 is 11.7 Å². The van der Waals surface area contributed by atoms with Gasteiger partial charge in [-0.2, -0.15) is 0 Å². The van der Waals surface area contributed by atoms with Gasteiger partial charge >= 0.3 is 0 Å². The monoisotopic (exact) mass is 324 g/mol. The van der Waals surface area contributed by atoms with Crippen LogP contribution in [-0.4, -0.2) is 31.3 Å². The van der Waals surface area contributed by atoms with Crippen molar-refractivity contribution in [1.29, 1.82) is 0 Å². The zero-order valence-corrected chi connectivity index (χ0v) is 14.2. The Labute approximate surface area is 143 Å². The molecule has 2 aromatic rings. The molecule has 0 fully saturated rings. The number of rotatable bonds is 8. The summed E-state index contributed by atoms with van der Waals surface area (Å²) in [5.41, 5.74) is 2.84. The third-order valence-corrected chi connectivity index (χ3v) is 3.99. The van der Waals surface area contributed by atoms with Gasteiger partial charge in [-0.15, -0.1) is 0 Å². The summed E-state index contributed by atoms with van der Waals surface area (Å²) >= 11 is 0. The lowest BCUT2D eigenvalue weighted by Gasteiger charge is -2.11. The Kier molecular flexibility index (Phi) is 6.70. The first kappa shape index (κ1) is 17.9. The molecule has 0 saturated carbocycles. The lowest BCUT2D eigenvalue weighted by molar-refractivity contribution is -0.121. The minimum atomic E-state index is -0.0913. The molecule has 1 atom stereocenters. The quantitative estimate of drug-likeness (QED) is 0.734. The number of ketones is 1. The van der Waals surface area contributed by atoms with Crippen LogP contribution in [0.2, 0.25) is 0 Å². The summed E-state index contributed by atoms with van der Waals surface area (Å²) in [6.45, 7) is 2.55. The van der Waals surface area contributed by atoms with Crippen molar-refractivity contribution < 1.29 is 9.59 Å². The molecule has 0 bridgehead atoms. The van der Waals surface area contributed by atoms with Gasteiger partial charge < -0.3 is 10.6 Å². The molecule has 0 aliphatic carbocycles. The van der Waals surface area contributed by atoms with E-state index in [4.69, 9.17) is 0 Å². The van der Waals surface area contributed by atoms with Gasteiger partial charge in [0.05, 0.1) is 0 Å². The molecule has 4 heteroatoms. The van der Waals surface area contributed by atoms with Crippen LogP contribution >= 0.6 is 0 Å². The fourth-order valence-corrected chi connectivity index (χ4v) is 2.31. The number of carbonyl (C=O) groups excluding carboxylic acids is 2. The van der Waals surface area contributed by atoms with Crippen LogP contribution in [0.3, 0.4) is 0 Å². The number of hydrogen-bond donors (Lipinski definition) is 2.